The minimum Gasteiger partial charge on any atom is -0.332 e. The van der Waals surface area contributed by atoms with Crippen molar-refractivity contribution < 1.29 is 14.4 Å². The lowest BCUT2D eigenvalue weighted by Gasteiger charge is -2.16. The smallest absolute Gasteiger partial charge is 0.315 e. The van der Waals surface area contributed by atoms with Crippen molar-refractivity contribution in [1.82, 2.24) is 10.6 Å². The Kier molecular flexibility index (Phi) is 8.00. The van der Waals surface area contributed by atoms with E-state index in [4.69, 9.17) is 0 Å². The molecule has 0 unspecified atom stereocenters. The summed E-state index contributed by atoms with van der Waals surface area (Å²) in [5.74, 6) is 1.45. The fraction of sp³-hybridized carbons (Fsp3) is 0.737. The maximum absolute atomic E-state index is 11.9. The third-order valence-electron chi connectivity index (χ3n) is 4.97. The van der Waals surface area contributed by atoms with Gasteiger partial charge in [-0.2, -0.15) is 11.8 Å². The highest BCUT2D eigenvalue weighted by Gasteiger charge is 2.42. The molecule has 0 aromatic carbocycles. The number of amides is 2. The molecule has 0 bridgehead atoms. The van der Waals surface area contributed by atoms with Gasteiger partial charge in [0.15, 0.2) is 5.78 Å². The average Bonchev–Trinajstić information content (AvgIpc) is 3.10. The first kappa shape index (κ1) is 20.0. The number of allylic oxidation sites excluding steroid dienone is 1. The molecule has 0 aliphatic carbocycles. The Morgan fingerprint density at radius 2 is 1.76 bits per heavy atom. The fourth-order valence-corrected chi connectivity index (χ4v) is 4.98. The quantitative estimate of drug-likeness (QED) is 0.315. The number of hydrogen-bond donors (Lipinski definition) is 2. The SMILES string of the molecule is C=C(C)C(=O)CCCCCC(=O)CCCC[C@@H]1SC[C@@H]2NC(=O)N[C@@H]21. The number of urea groups is 1. The van der Waals surface area contributed by atoms with Crippen LogP contribution in [0.1, 0.15) is 64.7 Å². The number of unbranched alkanes of at least 4 members (excludes halogenated alkanes) is 3. The summed E-state index contributed by atoms with van der Waals surface area (Å²) in [5, 5.41) is 6.43. The maximum Gasteiger partial charge on any atom is 0.315 e. The molecule has 6 heteroatoms. The van der Waals surface area contributed by atoms with Crippen LogP contribution >= 0.6 is 11.8 Å². The van der Waals surface area contributed by atoms with Crippen molar-refractivity contribution in [2.24, 2.45) is 0 Å². The van der Waals surface area contributed by atoms with Crippen molar-refractivity contribution in [3.8, 4) is 0 Å². The first-order chi connectivity index (χ1) is 12.0. The third kappa shape index (κ3) is 6.49. The van der Waals surface area contributed by atoms with Gasteiger partial charge in [0.1, 0.15) is 5.78 Å². The lowest BCUT2D eigenvalue weighted by Crippen LogP contribution is -2.36. The van der Waals surface area contributed by atoms with E-state index < -0.39 is 0 Å². The molecule has 2 aliphatic rings. The van der Waals surface area contributed by atoms with E-state index in [9.17, 15) is 14.4 Å². The molecule has 2 rings (SSSR count). The van der Waals surface area contributed by atoms with E-state index in [-0.39, 0.29) is 23.9 Å². The molecule has 0 spiro atoms. The lowest BCUT2D eigenvalue weighted by atomic mass is 10.0. The number of fused-ring (bicyclic) bond motifs is 1. The van der Waals surface area contributed by atoms with Crippen LogP contribution < -0.4 is 10.6 Å². The van der Waals surface area contributed by atoms with Crippen molar-refractivity contribution in [2.45, 2.75) is 82.0 Å². The summed E-state index contributed by atoms with van der Waals surface area (Å²) in [6.45, 7) is 5.39. The first-order valence-electron chi connectivity index (χ1n) is 9.36. The van der Waals surface area contributed by atoms with E-state index in [0.717, 1.165) is 44.3 Å². The molecule has 2 heterocycles. The summed E-state index contributed by atoms with van der Waals surface area (Å²) < 4.78 is 0. The van der Waals surface area contributed by atoms with Gasteiger partial charge in [-0.1, -0.05) is 19.4 Å². The van der Waals surface area contributed by atoms with Crippen LogP contribution in [0.4, 0.5) is 4.79 Å². The standard InChI is InChI=1S/C19H30N2O3S/c1-13(2)16(23)10-5-3-4-8-14(22)9-6-7-11-17-18-15(12-25-17)20-19(24)21-18/h15,17-18H,1,3-12H2,2H3,(H2,20,21,24)/t15-,17-,18-/m0/s1. The van der Waals surface area contributed by atoms with E-state index in [1.807, 2.05) is 11.8 Å². The van der Waals surface area contributed by atoms with Crippen LogP contribution in [0.15, 0.2) is 12.2 Å². The predicted octanol–water partition coefficient (Wildman–Crippen LogP) is 3.38. The Balaban J connectivity index is 1.47. The van der Waals surface area contributed by atoms with Crippen LogP contribution in [-0.4, -0.2) is 40.7 Å². The molecule has 140 valence electrons. The number of nitrogens with one attached hydrogen (secondary N) is 2. The number of ketones is 2. The van der Waals surface area contributed by atoms with Gasteiger partial charge in [-0.05, 0) is 38.2 Å². The van der Waals surface area contributed by atoms with Gasteiger partial charge < -0.3 is 10.6 Å². The average molecular weight is 367 g/mol. The van der Waals surface area contributed by atoms with Crippen LogP contribution in [0.25, 0.3) is 0 Å². The molecule has 2 amide bonds. The van der Waals surface area contributed by atoms with Crippen LogP contribution in [-0.2, 0) is 9.59 Å². The normalized spacial score (nSPS) is 24.5. The van der Waals surface area contributed by atoms with E-state index >= 15 is 0 Å². The van der Waals surface area contributed by atoms with Gasteiger partial charge in [-0.3, -0.25) is 9.59 Å². The number of thioether (sulfide) groups is 1. The largest absolute Gasteiger partial charge is 0.332 e. The number of rotatable bonds is 12. The number of Topliss-reactive ketones (excluding diaryl/α,β-unsaturated/α-hetero) is 2. The van der Waals surface area contributed by atoms with Gasteiger partial charge in [-0.25, -0.2) is 4.79 Å². The summed E-state index contributed by atoms with van der Waals surface area (Å²) in [6, 6.07) is 0.497. The zero-order valence-corrected chi connectivity index (χ0v) is 16.0. The van der Waals surface area contributed by atoms with Gasteiger partial charge in [-0.15, -0.1) is 0 Å². The highest BCUT2D eigenvalue weighted by Crippen LogP contribution is 2.33. The topological polar surface area (TPSA) is 75.3 Å². The number of hydrogen-bond acceptors (Lipinski definition) is 4. The molecule has 0 saturated carbocycles. The molecule has 2 N–H and O–H groups in total. The summed E-state index contributed by atoms with van der Waals surface area (Å²) in [7, 11) is 0. The van der Waals surface area contributed by atoms with E-state index in [0.29, 0.717) is 35.9 Å². The summed E-state index contributed by atoms with van der Waals surface area (Å²) in [5.41, 5.74) is 0.621. The van der Waals surface area contributed by atoms with Crippen LogP contribution in [0.5, 0.6) is 0 Å². The maximum atomic E-state index is 11.9. The summed E-state index contributed by atoms with van der Waals surface area (Å²) in [6.07, 6.45) is 7.52. The molecule has 0 aromatic heterocycles. The van der Waals surface area contributed by atoms with E-state index in [1.165, 1.54) is 0 Å². The Bertz CT molecular complexity index is 521. The van der Waals surface area contributed by atoms with E-state index in [2.05, 4.69) is 17.2 Å². The fourth-order valence-electron chi connectivity index (χ4n) is 3.43. The molecule has 2 fully saturated rings. The Labute approximate surface area is 154 Å². The second-order valence-electron chi connectivity index (χ2n) is 7.17. The monoisotopic (exact) mass is 366 g/mol. The molecule has 0 aromatic rings. The van der Waals surface area contributed by atoms with Crippen molar-refractivity contribution in [3.05, 3.63) is 12.2 Å². The van der Waals surface area contributed by atoms with Crippen molar-refractivity contribution in [1.29, 1.82) is 0 Å². The summed E-state index contributed by atoms with van der Waals surface area (Å²) in [4.78, 5) is 34.7. The van der Waals surface area contributed by atoms with Gasteiger partial charge in [0.2, 0.25) is 0 Å². The Morgan fingerprint density at radius 1 is 1.08 bits per heavy atom. The predicted molar refractivity (Wildman–Crippen MR) is 102 cm³/mol. The minimum atomic E-state index is -0.0413. The van der Waals surface area contributed by atoms with Crippen LogP contribution in [0.3, 0.4) is 0 Å². The van der Waals surface area contributed by atoms with Crippen LogP contribution in [0, 0.1) is 0 Å². The van der Waals surface area contributed by atoms with Crippen molar-refractivity contribution in [3.63, 3.8) is 0 Å². The van der Waals surface area contributed by atoms with Gasteiger partial charge in [0.05, 0.1) is 12.1 Å². The van der Waals surface area contributed by atoms with E-state index in [1.54, 1.807) is 6.92 Å². The molecule has 25 heavy (non-hydrogen) atoms. The molecular weight excluding hydrogens is 336 g/mol. The number of carbonyl (C=O) groups excluding carboxylic acids is 3. The molecule has 3 atom stereocenters. The Hall–Kier alpha value is -1.30. The highest BCUT2D eigenvalue weighted by atomic mass is 32.2. The molecule has 5 nitrogen and oxygen atoms in total. The summed E-state index contributed by atoms with van der Waals surface area (Å²) >= 11 is 1.92. The van der Waals surface area contributed by atoms with Gasteiger partial charge >= 0.3 is 6.03 Å². The molecule has 2 aliphatic heterocycles. The third-order valence-corrected chi connectivity index (χ3v) is 6.48. The van der Waals surface area contributed by atoms with Crippen molar-refractivity contribution >= 4 is 29.4 Å². The Morgan fingerprint density at radius 3 is 2.48 bits per heavy atom. The zero-order valence-electron chi connectivity index (χ0n) is 15.1. The van der Waals surface area contributed by atoms with Gasteiger partial charge in [0, 0.05) is 30.3 Å². The highest BCUT2D eigenvalue weighted by molar-refractivity contribution is 8.00. The molecular formula is C19H30N2O3S. The van der Waals surface area contributed by atoms with Crippen molar-refractivity contribution in [2.75, 3.05) is 5.75 Å². The minimum absolute atomic E-state index is 0.0413. The molecule has 0 radical (unpaired) electrons. The zero-order chi connectivity index (χ0) is 18.2. The lowest BCUT2D eigenvalue weighted by molar-refractivity contribution is -0.119. The van der Waals surface area contributed by atoms with Gasteiger partial charge in [0.25, 0.3) is 0 Å². The molecule has 2 saturated heterocycles. The second-order valence-corrected chi connectivity index (χ2v) is 8.44. The van der Waals surface area contributed by atoms with Crippen LogP contribution in [0.2, 0.25) is 0 Å². The number of carbonyl (C=O) groups is 3. The second kappa shape index (κ2) is 10.00. The first-order valence-corrected chi connectivity index (χ1v) is 10.4.